The fraction of sp³-hybridized carbons (Fsp3) is 0.471. The van der Waals surface area contributed by atoms with E-state index in [0.29, 0.717) is 16.4 Å². The van der Waals surface area contributed by atoms with Crippen LogP contribution in [-0.4, -0.2) is 48.1 Å². The lowest BCUT2D eigenvalue weighted by atomic mass is 10.1. The molecule has 0 aromatic heterocycles. The Kier molecular flexibility index (Phi) is 4.76. The second kappa shape index (κ2) is 6.57. The highest BCUT2D eigenvalue weighted by atomic mass is 32.2. The number of fused-ring (bicyclic) bond motifs is 1. The molecule has 0 unspecified atom stereocenters. The van der Waals surface area contributed by atoms with Gasteiger partial charge in [0, 0.05) is 22.4 Å². The number of rotatable bonds is 3. The molecule has 2 aliphatic rings. The van der Waals surface area contributed by atoms with E-state index in [-0.39, 0.29) is 40.4 Å². The van der Waals surface area contributed by atoms with E-state index in [9.17, 15) is 18.0 Å². The zero-order valence-electron chi connectivity index (χ0n) is 14.3. The van der Waals surface area contributed by atoms with Crippen molar-refractivity contribution in [3.63, 3.8) is 0 Å². The number of carbonyl (C=O) groups excluding carboxylic acids is 2. The monoisotopic (exact) mass is 380 g/mol. The van der Waals surface area contributed by atoms with Crippen LogP contribution in [0.3, 0.4) is 0 Å². The number of hydrogen-bond acceptors (Lipinski definition) is 5. The van der Waals surface area contributed by atoms with Crippen LogP contribution >= 0.6 is 11.8 Å². The van der Waals surface area contributed by atoms with Crippen LogP contribution in [0.1, 0.15) is 31.1 Å². The van der Waals surface area contributed by atoms with Gasteiger partial charge in [-0.1, -0.05) is 37.7 Å². The van der Waals surface area contributed by atoms with E-state index in [2.05, 4.69) is 4.99 Å². The normalized spacial score (nSPS) is 26.2. The van der Waals surface area contributed by atoms with Crippen molar-refractivity contribution < 1.29 is 18.0 Å². The van der Waals surface area contributed by atoms with E-state index in [1.54, 1.807) is 32.0 Å². The lowest BCUT2D eigenvalue weighted by Gasteiger charge is -2.25. The SMILES string of the molecule is CC(=O)c1cccc(N2C(=NC(=O)C(C)C)S[C@@H]3CS(=O)(=O)C[C@H]32)c1. The Morgan fingerprint density at radius 3 is 2.64 bits per heavy atom. The van der Waals surface area contributed by atoms with Crippen LogP contribution in [0.2, 0.25) is 0 Å². The molecule has 0 aliphatic carbocycles. The van der Waals surface area contributed by atoms with Crippen molar-refractivity contribution in [3.8, 4) is 0 Å². The number of thioether (sulfide) groups is 1. The molecule has 2 saturated heterocycles. The Morgan fingerprint density at radius 1 is 1.28 bits per heavy atom. The van der Waals surface area contributed by atoms with Crippen molar-refractivity contribution in [2.75, 3.05) is 16.4 Å². The maximum atomic E-state index is 12.1. The molecule has 25 heavy (non-hydrogen) atoms. The number of hydrogen-bond donors (Lipinski definition) is 0. The summed E-state index contributed by atoms with van der Waals surface area (Å²) in [7, 11) is -3.11. The zero-order valence-corrected chi connectivity index (χ0v) is 15.9. The first-order valence-electron chi connectivity index (χ1n) is 8.08. The van der Waals surface area contributed by atoms with E-state index >= 15 is 0 Å². The van der Waals surface area contributed by atoms with E-state index in [4.69, 9.17) is 0 Å². The summed E-state index contributed by atoms with van der Waals surface area (Å²) in [5, 5.41) is 0.369. The summed E-state index contributed by atoms with van der Waals surface area (Å²) in [6.07, 6.45) is 0. The standard InChI is InChI=1S/C17H20N2O4S2/c1-10(2)16(21)18-17-19(13-6-4-5-12(7-13)11(3)20)14-8-25(22,23)9-15(14)24-17/h4-7,10,14-15H,8-9H2,1-3H3/t14-,15-/m1/s1. The highest BCUT2D eigenvalue weighted by Crippen LogP contribution is 2.41. The lowest BCUT2D eigenvalue weighted by molar-refractivity contribution is -0.120. The van der Waals surface area contributed by atoms with Crippen molar-refractivity contribution in [2.45, 2.75) is 32.1 Å². The third-order valence-electron chi connectivity index (χ3n) is 4.30. The molecule has 3 rings (SSSR count). The average molecular weight is 380 g/mol. The molecule has 0 saturated carbocycles. The first-order valence-corrected chi connectivity index (χ1v) is 10.8. The Labute approximate surface area is 151 Å². The van der Waals surface area contributed by atoms with Crippen molar-refractivity contribution in [2.24, 2.45) is 10.9 Å². The number of ketones is 1. The van der Waals surface area contributed by atoms with Gasteiger partial charge in [0.25, 0.3) is 5.91 Å². The van der Waals surface area contributed by atoms with Crippen molar-refractivity contribution in [3.05, 3.63) is 29.8 Å². The molecule has 2 heterocycles. The summed E-state index contributed by atoms with van der Waals surface area (Å²) < 4.78 is 24.1. The smallest absolute Gasteiger partial charge is 0.250 e. The first kappa shape index (κ1) is 18.1. The lowest BCUT2D eigenvalue weighted by Crippen LogP contribution is -2.38. The summed E-state index contributed by atoms with van der Waals surface area (Å²) in [6.45, 7) is 5.04. The molecule has 0 radical (unpaired) electrons. The molecule has 0 spiro atoms. The van der Waals surface area contributed by atoms with Crippen LogP contribution in [0, 0.1) is 5.92 Å². The van der Waals surface area contributed by atoms with E-state index in [1.807, 2.05) is 11.0 Å². The molecular formula is C17H20N2O4S2. The topological polar surface area (TPSA) is 83.9 Å². The van der Waals surface area contributed by atoms with Gasteiger partial charge >= 0.3 is 0 Å². The number of amides is 1. The number of Topliss-reactive ketones (excluding diaryl/α,β-unsaturated/α-hetero) is 1. The van der Waals surface area contributed by atoms with Gasteiger partial charge in [-0.05, 0) is 19.1 Å². The highest BCUT2D eigenvalue weighted by Gasteiger charge is 2.49. The van der Waals surface area contributed by atoms with Crippen LogP contribution < -0.4 is 4.90 Å². The number of anilines is 1. The Balaban J connectivity index is 2.05. The summed E-state index contributed by atoms with van der Waals surface area (Å²) in [5.74, 6) is -0.425. The highest BCUT2D eigenvalue weighted by molar-refractivity contribution is 8.16. The Morgan fingerprint density at radius 2 is 2.00 bits per heavy atom. The fourth-order valence-corrected chi connectivity index (χ4v) is 6.88. The summed E-state index contributed by atoms with van der Waals surface area (Å²) in [6, 6.07) is 6.75. The molecule has 0 N–H and O–H groups in total. The minimum absolute atomic E-state index is 0.0316. The molecular weight excluding hydrogens is 360 g/mol. The Bertz CT molecular complexity index is 861. The van der Waals surface area contributed by atoms with Crippen molar-refractivity contribution >= 4 is 44.1 Å². The Hall–Kier alpha value is -1.67. The number of sulfone groups is 1. The van der Waals surface area contributed by atoms with Gasteiger partial charge in [-0.25, -0.2) is 8.42 Å². The predicted molar refractivity (Wildman–Crippen MR) is 100 cm³/mol. The van der Waals surface area contributed by atoms with Crippen LogP contribution in [-0.2, 0) is 14.6 Å². The van der Waals surface area contributed by atoms with Gasteiger partial charge in [0.2, 0.25) is 0 Å². The minimum atomic E-state index is -3.11. The number of benzene rings is 1. The maximum absolute atomic E-state index is 12.1. The van der Waals surface area contributed by atoms with E-state index in [1.165, 1.54) is 18.7 Å². The largest absolute Gasteiger partial charge is 0.316 e. The van der Waals surface area contributed by atoms with Gasteiger partial charge in [-0.2, -0.15) is 4.99 Å². The van der Waals surface area contributed by atoms with Crippen LogP contribution in [0.15, 0.2) is 29.3 Å². The zero-order chi connectivity index (χ0) is 18.4. The maximum Gasteiger partial charge on any atom is 0.250 e. The molecule has 1 aromatic carbocycles. The van der Waals surface area contributed by atoms with Crippen LogP contribution in [0.4, 0.5) is 5.69 Å². The van der Waals surface area contributed by atoms with Gasteiger partial charge in [0.15, 0.2) is 20.8 Å². The second-order valence-corrected chi connectivity index (χ2v) is 10.0. The summed E-state index contributed by atoms with van der Waals surface area (Å²) >= 11 is 1.34. The number of nitrogens with zero attached hydrogens (tertiary/aromatic N) is 2. The third kappa shape index (κ3) is 3.64. The molecule has 8 heteroatoms. The molecule has 2 atom stereocenters. The van der Waals surface area contributed by atoms with Crippen molar-refractivity contribution in [1.82, 2.24) is 0 Å². The van der Waals surface area contributed by atoms with Gasteiger partial charge in [-0.3, -0.25) is 9.59 Å². The van der Waals surface area contributed by atoms with Gasteiger partial charge < -0.3 is 4.90 Å². The quantitative estimate of drug-likeness (QED) is 0.747. The molecule has 1 amide bonds. The van der Waals surface area contributed by atoms with Gasteiger partial charge in [-0.15, -0.1) is 0 Å². The molecule has 2 aliphatic heterocycles. The number of carbonyl (C=O) groups is 2. The predicted octanol–water partition coefficient (Wildman–Crippen LogP) is 2.15. The molecule has 2 fully saturated rings. The van der Waals surface area contributed by atoms with Crippen LogP contribution in [0.25, 0.3) is 0 Å². The van der Waals surface area contributed by atoms with Gasteiger partial charge in [0.05, 0.1) is 17.5 Å². The first-order chi connectivity index (χ1) is 11.7. The summed E-state index contributed by atoms with van der Waals surface area (Å²) in [5.41, 5.74) is 1.24. The molecule has 134 valence electrons. The third-order valence-corrected chi connectivity index (χ3v) is 7.51. The van der Waals surface area contributed by atoms with E-state index in [0.717, 1.165) is 0 Å². The molecule has 0 bridgehead atoms. The average Bonchev–Trinajstić information content (AvgIpc) is 2.98. The fourth-order valence-electron chi connectivity index (χ4n) is 2.96. The second-order valence-electron chi connectivity index (χ2n) is 6.66. The minimum Gasteiger partial charge on any atom is -0.316 e. The number of aliphatic imine (C=N–C) groups is 1. The molecule has 6 nitrogen and oxygen atoms in total. The van der Waals surface area contributed by atoms with E-state index < -0.39 is 9.84 Å². The summed E-state index contributed by atoms with van der Waals surface area (Å²) in [4.78, 5) is 29.8. The van der Waals surface area contributed by atoms with Crippen LogP contribution in [0.5, 0.6) is 0 Å². The molecule has 1 aromatic rings. The van der Waals surface area contributed by atoms with Gasteiger partial charge in [0.1, 0.15) is 0 Å². The number of amidine groups is 1. The van der Waals surface area contributed by atoms with Crippen molar-refractivity contribution in [1.29, 1.82) is 0 Å².